The summed E-state index contributed by atoms with van der Waals surface area (Å²) in [6.07, 6.45) is 1.49. The van der Waals surface area contributed by atoms with E-state index in [-0.39, 0.29) is 5.91 Å². The molecule has 0 atom stereocenters. The minimum atomic E-state index is 0.150. The number of nitrogens with one attached hydrogen (secondary N) is 2. The van der Waals surface area contributed by atoms with Gasteiger partial charge in [-0.2, -0.15) is 4.98 Å². The summed E-state index contributed by atoms with van der Waals surface area (Å²) in [6.45, 7) is 1.04. The summed E-state index contributed by atoms with van der Waals surface area (Å²) in [5, 5.41) is 10.6. The van der Waals surface area contributed by atoms with Gasteiger partial charge in [0, 0.05) is 29.9 Å². The molecule has 2 heterocycles. The van der Waals surface area contributed by atoms with E-state index in [0.717, 1.165) is 35.7 Å². The molecule has 154 valence electrons. The second-order valence-electron chi connectivity index (χ2n) is 6.75. The van der Waals surface area contributed by atoms with E-state index in [1.54, 1.807) is 12.0 Å². The maximum atomic E-state index is 11.9. The zero-order chi connectivity index (χ0) is 20.9. The number of thiocarbonyl (C=S) groups is 1. The number of amides is 1. The molecule has 1 saturated heterocycles. The number of carbonyl (C=O) groups excluding carboxylic acids is 1. The fourth-order valence-corrected chi connectivity index (χ4v) is 3.38. The third kappa shape index (κ3) is 4.57. The van der Waals surface area contributed by atoms with Gasteiger partial charge in [-0.1, -0.05) is 11.2 Å². The summed E-state index contributed by atoms with van der Waals surface area (Å²) >= 11 is 5.36. The molecule has 0 spiro atoms. The first-order valence-electron chi connectivity index (χ1n) is 9.54. The van der Waals surface area contributed by atoms with Crippen molar-refractivity contribution in [2.24, 2.45) is 0 Å². The van der Waals surface area contributed by atoms with Gasteiger partial charge >= 0.3 is 0 Å². The Morgan fingerprint density at radius 1 is 1.27 bits per heavy atom. The fourth-order valence-electron chi connectivity index (χ4n) is 3.19. The molecule has 1 aromatic heterocycles. The van der Waals surface area contributed by atoms with Gasteiger partial charge in [-0.15, -0.1) is 0 Å². The first kappa shape index (κ1) is 19.8. The zero-order valence-corrected chi connectivity index (χ0v) is 17.2. The Labute approximate surface area is 179 Å². The van der Waals surface area contributed by atoms with Crippen LogP contribution in [0.25, 0.3) is 11.4 Å². The summed E-state index contributed by atoms with van der Waals surface area (Å²) in [5.41, 5.74) is 2.50. The number of anilines is 2. The fraction of sp³-hybridized carbons (Fsp3) is 0.238. The largest absolute Gasteiger partial charge is 0.497 e. The highest BCUT2D eigenvalue weighted by Gasteiger charge is 2.21. The van der Waals surface area contributed by atoms with E-state index in [1.165, 1.54) is 0 Å². The first-order valence-corrected chi connectivity index (χ1v) is 9.95. The molecule has 1 aliphatic heterocycles. The molecule has 0 aliphatic carbocycles. The molecule has 2 aromatic carbocycles. The lowest BCUT2D eigenvalue weighted by Crippen LogP contribution is -2.28. The number of carbonyl (C=O) groups is 1. The van der Waals surface area contributed by atoms with Crippen LogP contribution in [0.4, 0.5) is 11.4 Å². The van der Waals surface area contributed by atoms with Gasteiger partial charge in [-0.25, -0.2) is 0 Å². The molecule has 1 amide bonds. The van der Waals surface area contributed by atoms with Crippen LogP contribution in [-0.4, -0.2) is 34.8 Å². The van der Waals surface area contributed by atoms with Gasteiger partial charge in [-0.3, -0.25) is 4.79 Å². The molecule has 2 N–H and O–H groups in total. The number of nitrogens with zero attached hydrogens (tertiary/aromatic N) is 3. The average Bonchev–Trinajstić information content (AvgIpc) is 3.41. The Bertz CT molecular complexity index is 1050. The maximum absolute atomic E-state index is 11.9. The Morgan fingerprint density at radius 3 is 2.83 bits per heavy atom. The number of hydrogen-bond acceptors (Lipinski definition) is 6. The quantitative estimate of drug-likeness (QED) is 0.583. The number of hydrogen-bond donors (Lipinski definition) is 2. The smallest absolute Gasteiger partial charge is 0.246 e. The predicted molar refractivity (Wildman–Crippen MR) is 117 cm³/mol. The van der Waals surface area contributed by atoms with E-state index in [0.29, 0.717) is 29.8 Å². The number of rotatable bonds is 6. The Kier molecular flexibility index (Phi) is 5.89. The van der Waals surface area contributed by atoms with Gasteiger partial charge in [0.15, 0.2) is 5.11 Å². The first-order chi connectivity index (χ1) is 14.6. The van der Waals surface area contributed by atoms with E-state index in [1.807, 2.05) is 48.5 Å². The lowest BCUT2D eigenvalue weighted by molar-refractivity contribution is -0.117. The molecule has 30 heavy (non-hydrogen) atoms. The van der Waals surface area contributed by atoms with E-state index in [4.69, 9.17) is 21.5 Å². The van der Waals surface area contributed by atoms with Crippen molar-refractivity contribution in [1.82, 2.24) is 15.5 Å². The van der Waals surface area contributed by atoms with Crippen molar-refractivity contribution in [2.45, 2.75) is 19.4 Å². The van der Waals surface area contributed by atoms with E-state index < -0.39 is 0 Å². The lowest BCUT2D eigenvalue weighted by atomic mass is 10.2. The van der Waals surface area contributed by atoms with E-state index in [2.05, 4.69) is 20.8 Å². The maximum Gasteiger partial charge on any atom is 0.246 e. The third-order valence-electron chi connectivity index (χ3n) is 4.71. The van der Waals surface area contributed by atoms with Crippen LogP contribution in [-0.2, 0) is 11.3 Å². The van der Waals surface area contributed by atoms with Crippen LogP contribution in [0, 0.1) is 0 Å². The van der Waals surface area contributed by atoms with Crippen molar-refractivity contribution in [3.05, 3.63) is 54.4 Å². The van der Waals surface area contributed by atoms with Crippen molar-refractivity contribution in [3.8, 4) is 17.1 Å². The number of benzene rings is 2. The molecule has 0 bridgehead atoms. The normalized spacial score (nSPS) is 13.4. The van der Waals surface area contributed by atoms with E-state index >= 15 is 0 Å². The second kappa shape index (κ2) is 8.91. The summed E-state index contributed by atoms with van der Waals surface area (Å²) < 4.78 is 10.4. The topological polar surface area (TPSA) is 92.5 Å². The molecule has 0 saturated carbocycles. The van der Waals surface area contributed by atoms with Gasteiger partial charge < -0.3 is 24.8 Å². The van der Waals surface area contributed by atoms with Crippen LogP contribution in [0.2, 0.25) is 0 Å². The monoisotopic (exact) mass is 423 g/mol. The number of aromatic nitrogens is 2. The third-order valence-corrected chi connectivity index (χ3v) is 4.95. The van der Waals surface area contributed by atoms with Gasteiger partial charge in [0.05, 0.1) is 13.7 Å². The second-order valence-corrected chi connectivity index (χ2v) is 7.16. The van der Waals surface area contributed by atoms with Crippen molar-refractivity contribution in [2.75, 3.05) is 23.9 Å². The average molecular weight is 423 g/mol. The molecule has 8 nitrogen and oxygen atoms in total. The minimum absolute atomic E-state index is 0.150. The number of methoxy groups -OCH3 is 1. The molecule has 1 fully saturated rings. The Hall–Kier alpha value is -3.46. The van der Waals surface area contributed by atoms with Crippen LogP contribution in [0.3, 0.4) is 0 Å². The van der Waals surface area contributed by atoms with Crippen molar-refractivity contribution in [1.29, 1.82) is 0 Å². The van der Waals surface area contributed by atoms with Crippen LogP contribution in [0.5, 0.6) is 5.75 Å². The molecule has 0 radical (unpaired) electrons. The van der Waals surface area contributed by atoms with Crippen LogP contribution >= 0.6 is 12.2 Å². The van der Waals surface area contributed by atoms with Crippen LogP contribution in [0.1, 0.15) is 18.7 Å². The highest BCUT2D eigenvalue weighted by atomic mass is 32.1. The van der Waals surface area contributed by atoms with Gasteiger partial charge in [0.2, 0.25) is 17.6 Å². The highest BCUT2D eigenvalue weighted by molar-refractivity contribution is 7.80. The van der Waals surface area contributed by atoms with Gasteiger partial charge in [0.25, 0.3) is 0 Å². The van der Waals surface area contributed by atoms with Crippen LogP contribution in [0.15, 0.2) is 53.1 Å². The molecule has 1 aliphatic rings. The molecule has 4 rings (SSSR count). The van der Waals surface area contributed by atoms with Crippen molar-refractivity contribution >= 4 is 34.6 Å². The van der Waals surface area contributed by atoms with E-state index in [9.17, 15) is 4.79 Å². The molecule has 9 heteroatoms. The zero-order valence-electron chi connectivity index (χ0n) is 16.4. The minimum Gasteiger partial charge on any atom is -0.497 e. The summed E-state index contributed by atoms with van der Waals surface area (Å²) in [4.78, 5) is 18.1. The van der Waals surface area contributed by atoms with Gasteiger partial charge in [0.1, 0.15) is 5.75 Å². The van der Waals surface area contributed by atoms with Crippen LogP contribution < -0.4 is 20.3 Å². The lowest BCUT2D eigenvalue weighted by Gasteiger charge is -2.17. The van der Waals surface area contributed by atoms with Crippen molar-refractivity contribution < 1.29 is 14.1 Å². The molecule has 3 aromatic rings. The van der Waals surface area contributed by atoms with Crippen molar-refractivity contribution in [3.63, 3.8) is 0 Å². The summed E-state index contributed by atoms with van der Waals surface area (Å²) in [7, 11) is 1.62. The Morgan fingerprint density at radius 2 is 2.10 bits per heavy atom. The molecular weight excluding hydrogens is 402 g/mol. The Balaban J connectivity index is 1.33. The SMILES string of the molecule is COc1ccc(-c2noc(CNC(=S)Nc3cccc(N4CCCC4=O)c3)n2)cc1. The predicted octanol–water partition coefficient (Wildman–Crippen LogP) is 3.36. The summed E-state index contributed by atoms with van der Waals surface area (Å²) in [5.74, 6) is 1.83. The van der Waals surface area contributed by atoms with Gasteiger partial charge in [-0.05, 0) is 61.1 Å². The molecular formula is C21H21N5O3S. The standard InChI is InChI=1S/C21H21N5O3S/c1-28-17-9-7-14(8-10-17)20-24-18(29-25-20)13-22-21(30)23-15-4-2-5-16(12-15)26-11-3-6-19(26)27/h2,4-5,7-10,12H,3,6,11,13H2,1H3,(H2,22,23,30). The summed E-state index contributed by atoms with van der Waals surface area (Å²) in [6, 6.07) is 15.0. The molecule has 0 unspecified atom stereocenters. The highest BCUT2D eigenvalue weighted by Crippen LogP contribution is 2.24. The number of ether oxygens (including phenoxy) is 1.